The number of hydrogen-bond donors (Lipinski definition) is 1. The third-order valence-electron chi connectivity index (χ3n) is 8.58. The number of rotatable bonds is 4. The van der Waals surface area contributed by atoms with Crippen LogP contribution >= 0.6 is 0 Å². The monoisotopic (exact) mass is 476 g/mol. The molecule has 0 aromatic carbocycles. The van der Waals surface area contributed by atoms with Gasteiger partial charge in [0.25, 0.3) is 5.91 Å². The van der Waals surface area contributed by atoms with E-state index in [4.69, 9.17) is 4.74 Å². The first-order valence-corrected chi connectivity index (χ1v) is 13.3. The van der Waals surface area contributed by atoms with E-state index in [1.165, 1.54) is 4.90 Å². The van der Waals surface area contributed by atoms with Crippen LogP contribution in [0.25, 0.3) is 0 Å². The van der Waals surface area contributed by atoms with Crippen molar-refractivity contribution in [2.75, 3.05) is 39.3 Å². The highest BCUT2D eigenvalue weighted by molar-refractivity contribution is 6.09. The van der Waals surface area contributed by atoms with Crippen LogP contribution in [0.15, 0.2) is 0 Å². The summed E-state index contributed by atoms with van der Waals surface area (Å²) in [6.45, 7) is 15.2. The van der Waals surface area contributed by atoms with Crippen LogP contribution in [0, 0.1) is 17.3 Å². The highest BCUT2D eigenvalue weighted by Gasteiger charge is 2.53. The first-order valence-electron chi connectivity index (χ1n) is 13.3. The number of morpholine rings is 1. The van der Waals surface area contributed by atoms with E-state index in [2.05, 4.69) is 44.8 Å². The summed E-state index contributed by atoms with van der Waals surface area (Å²) in [4.78, 5) is 44.4. The van der Waals surface area contributed by atoms with Crippen LogP contribution in [0.5, 0.6) is 0 Å². The number of amides is 4. The molecule has 0 bridgehead atoms. The summed E-state index contributed by atoms with van der Waals surface area (Å²) in [5.74, 6) is 0.794. The molecule has 1 saturated carbocycles. The Morgan fingerprint density at radius 2 is 1.62 bits per heavy atom. The van der Waals surface area contributed by atoms with E-state index in [9.17, 15) is 14.4 Å². The SMILES string of the molecule is CC1CN(CC2CCN(C(=O)CN3C(=O)NC4(CCC(C(C)(C)C)CC4)C3=O)CC2)CC(C)O1. The number of carbonyl (C=O) groups excluding carboxylic acids is 3. The number of imide groups is 1. The van der Waals surface area contributed by atoms with Crippen molar-refractivity contribution < 1.29 is 19.1 Å². The summed E-state index contributed by atoms with van der Waals surface area (Å²) < 4.78 is 5.84. The van der Waals surface area contributed by atoms with Crippen LogP contribution in [0.3, 0.4) is 0 Å². The van der Waals surface area contributed by atoms with Gasteiger partial charge in [-0.1, -0.05) is 20.8 Å². The lowest BCUT2D eigenvalue weighted by Gasteiger charge is -2.40. The largest absolute Gasteiger partial charge is 0.373 e. The molecule has 1 N–H and O–H groups in total. The summed E-state index contributed by atoms with van der Waals surface area (Å²) >= 11 is 0. The number of urea groups is 1. The third kappa shape index (κ3) is 5.43. The molecule has 4 rings (SSSR count). The van der Waals surface area contributed by atoms with Gasteiger partial charge in [-0.2, -0.15) is 0 Å². The number of ether oxygens (including phenoxy) is 1. The highest BCUT2D eigenvalue weighted by Crippen LogP contribution is 2.43. The predicted octanol–water partition coefficient (Wildman–Crippen LogP) is 2.86. The molecule has 0 radical (unpaired) electrons. The second-order valence-corrected chi connectivity index (χ2v) is 12.3. The van der Waals surface area contributed by atoms with Crippen molar-refractivity contribution in [2.24, 2.45) is 17.3 Å². The summed E-state index contributed by atoms with van der Waals surface area (Å²) in [6.07, 6.45) is 5.62. The fourth-order valence-electron chi connectivity index (χ4n) is 6.53. The summed E-state index contributed by atoms with van der Waals surface area (Å²) in [7, 11) is 0. The first kappa shape index (κ1) is 25.4. The predicted molar refractivity (Wildman–Crippen MR) is 130 cm³/mol. The van der Waals surface area contributed by atoms with E-state index in [-0.39, 0.29) is 36.0 Å². The Bertz CT molecular complexity index is 768. The standard InChI is InChI=1S/C26H44N4O4/c1-18-14-28(15-19(2)34-18)16-20-8-12-29(13-9-20)22(31)17-30-23(32)26(27-24(30)33)10-6-21(7-11-26)25(3,4)5/h18-21H,6-17H2,1-5H3,(H,27,33). The highest BCUT2D eigenvalue weighted by atomic mass is 16.5. The maximum absolute atomic E-state index is 13.2. The van der Waals surface area contributed by atoms with Gasteiger partial charge in [0.15, 0.2) is 0 Å². The molecular formula is C26H44N4O4. The lowest BCUT2D eigenvalue weighted by atomic mass is 9.67. The Morgan fingerprint density at radius 1 is 1.03 bits per heavy atom. The van der Waals surface area contributed by atoms with E-state index in [0.717, 1.165) is 45.3 Å². The van der Waals surface area contributed by atoms with Gasteiger partial charge in [0.1, 0.15) is 12.1 Å². The Morgan fingerprint density at radius 3 is 2.18 bits per heavy atom. The van der Waals surface area contributed by atoms with Crippen molar-refractivity contribution in [2.45, 2.75) is 90.9 Å². The number of piperidine rings is 1. The molecule has 34 heavy (non-hydrogen) atoms. The van der Waals surface area contributed by atoms with Gasteiger partial charge in [-0.3, -0.25) is 19.4 Å². The molecule has 0 aromatic rings. The van der Waals surface area contributed by atoms with Crippen LogP contribution in [0.2, 0.25) is 0 Å². The van der Waals surface area contributed by atoms with Crippen molar-refractivity contribution in [1.29, 1.82) is 0 Å². The maximum atomic E-state index is 13.2. The molecule has 2 unspecified atom stereocenters. The van der Waals surface area contributed by atoms with Crippen LogP contribution in [-0.4, -0.2) is 89.6 Å². The zero-order valence-electron chi connectivity index (χ0n) is 21.8. The minimum Gasteiger partial charge on any atom is -0.373 e. The second kappa shape index (κ2) is 9.76. The molecular weight excluding hydrogens is 432 g/mol. The van der Waals surface area contributed by atoms with E-state index in [1.807, 2.05) is 4.90 Å². The van der Waals surface area contributed by atoms with Crippen molar-refractivity contribution in [3.8, 4) is 0 Å². The lowest BCUT2D eigenvalue weighted by Crippen LogP contribution is -2.51. The fourth-order valence-corrected chi connectivity index (χ4v) is 6.53. The normalized spacial score (nSPS) is 34.1. The summed E-state index contributed by atoms with van der Waals surface area (Å²) in [5, 5.41) is 2.96. The summed E-state index contributed by atoms with van der Waals surface area (Å²) in [5.41, 5.74) is -0.605. The number of carbonyl (C=O) groups is 3. The van der Waals surface area contributed by atoms with E-state index in [0.29, 0.717) is 37.8 Å². The molecule has 2 atom stereocenters. The molecule has 4 fully saturated rings. The Labute approximate surface area is 204 Å². The van der Waals surface area contributed by atoms with Crippen LogP contribution in [0.1, 0.15) is 73.1 Å². The Hall–Kier alpha value is -1.67. The molecule has 192 valence electrons. The quantitative estimate of drug-likeness (QED) is 0.631. The van der Waals surface area contributed by atoms with Crippen LogP contribution < -0.4 is 5.32 Å². The Balaban J connectivity index is 1.26. The third-order valence-corrected chi connectivity index (χ3v) is 8.58. The van der Waals surface area contributed by atoms with Crippen molar-refractivity contribution >= 4 is 17.8 Å². The zero-order valence-corrected chi connectivity index (χ0v) is 21.8. The molecule has 1 aliphatic carbocycles. The fraction of sp³-hybridized carbons (Fsp3) is 0.885. The number of hydrogen-bond acceptors (Lipinski definition) is 5. The number of likely N-dealkylation sites (tertiary alicyclic amines) is 1. The van der Waals surface area contributed by atoms with Gasteiger partial charge in [-0.25, -0.2) is 4.79 Å². The van der Waals surface area contributed by atoms with Gasteiger partial charge in [-0.15, -0.1) is 0 Å². The van der Waals surface area contributed by atoms with Gasteiger partial charge in [0.2, 0.25) is 5.91 Å². The number of nitrogens with one attached hydrogen (secondary N) is 1. The second-order valence-electron chi connectivity index (χ2n) is 12.3. The minimum absolute atomic E-state index is 0.115. The van der Waals surface area contributed by atoms with E-state index < -0.39 is 11.6 Å². The van der Waals surface area contributed by atoms with E-state index >= 15 is 0 Å². The topological polar surface area (TPSA) is 82.2 Å². The molecule has 3 saturated heterocycles. The Kier molecular flexibility index (Phi) is 7.30. The van der Waals surface area contributed by atoms with E-state index in [1.54, 1.807) is 0 Å². The van der Waals surface area contributed by atoms with Crippen molar-refractivity contribution in [3.63, 3.8) is 0 Å². The molecule has 3 aliphatic heterocycles. The van der Waals surface area contributed by atoms with Crippen LogP contribution in [0.4, 0.5) is 4.79 Å². The lowest BCUT2D eigenvalue weighted by molar-refractivity contribution is -0.140. The molecule has 1 spiro atoms. The van der Waals surface area contributed by atoms with Gasteiger partial charge >= 0.3 is 6.03 Å². The maximum Gasteiger partial charge on any atom is 0.325 e. The van der Waals surface area contributed by atoms with Crippen molar-refractivity contribution in [1.82, 2.24) is 20.0 Å². The molecule has 0 aromatic heterocycles. The average Bonchev–Trinajstić information content (AvgIpc) is 2.97. The summed E-state index contributed by atoms with van der Waals surface area (Å²) in [6, 6.07) is -0.405. The van der Waals surface area contributed by atoms with Gasteiger partial charge in [-0.05, 0) is 69.6 Å². The smallest absolute Gasteiger partial charge is 0.325 e. The van der Waals surface area contributed by atoms with Crippen molar-refractivity contribution in [3.05, 3.63) is 0 Å². The molecule has 8 heteroatoms. The first-order chi connectivity index (χ1) is 16.0. The minimum atomic E-state index is -0.807. The molecule has 4 amide bonds. The molecule has 4 aliphatic rings. The number of nitrogens with zero attached hydrogens (tertiary/aromatic N) is 3. The molecule has 8 nitrogen and oxygen atoms in total. The van der Waals surface area contributed by atoms with Crippen LogP contribution in [-0.2, 0) is 14.3 Å². The average molecular weight is 477 g/mol. The zero-order chi connectivity index (χ0) is 24.7. The van der Waals surface area contributed by atoms with Gasteiger partial charge in [0.05, 0.1) is 12.2 Å². The molecule has 3 heterocycles. The van der Waals surface area contributed by atoms with Gasteiger partial charge in [0, 0.05) is 32.7 Å². The van der Waals surface area contributed by atoms with Gasteiger partial charge < -0.3 is 15.0 Å².